The van der Waals surface area contributed by atoms with Crippen LogP contribution < -0.4 is 20.1 Å². The topological polar surface area (TPSA) is 59.6 Å². The molecule has 0 aromatic heterocycles. The molecule has 154 valence electrons. The first-order valence-corrected chi connectivity index (χ1v) is 9.86. The minimum absolute atomic E-state index is 0.126. The molecule has 1 amide bonds. The lowest BCUT2D eigenvalue weighted by Gasteiger charge is -2.20. The molecule has 1 saturated carbocycles. The number of carbonyl (C=O) groups excluding carboxylic acids is 1. The number of hydrogen-bond donors (Lipinski definition) is 2. The van der Waals surface area contributed by atoms with Gasteiger partial charge in [0.05, 0.1) is 7.11 Å². The largest absolute Gasteiger partial charge is 0.493 e. The number of amides is 1. The van der Waals surface area contributed by atoms with Crippen molar-refractivity contribution in [1.29, 1.82) is 0 Å². The van der Waals surface area contributed by atoms with E-state index in [2.05, 4.69) is 10.6 Å². The molecular formula is C24H23FN2O3. The Balaban J connectivity index is 1.49. The predicted octanol–water partition coefficient (Wildman–Crippen LogP) is 5.06. The molecule has 4 rings (SSSR count). The van der Waals surface area contributed by atoms with Gasteiger partial charge in [-0.25, -0.2) is 4.39 Å². The summed E-state index contributed by atoms with van der Waals surface area (Å²) in [6, 6.07) is 20.3. The van der Waals surface area contributed by atoms with E-state index < -0.39 is 6.04 Å². The highest BCUT2D eigenvalue weighted by Gasteiger charge is 2.28. The van der Waals surface area contributed by atoms with Crippen LogP contribution in [-0.4, -0.2) is 19.1 Å². The number of methoxy groups -OCH3 is 1. The summed E-state index contributed by atoms with van der Waals surface area (Å²) >= 11 is 0. The van der Waals surface area contributed by atoms with E-state index in [0.717, 1.165) is 18.5 Å². The van der Waals surface area contributed by atoms with Gasteiger partial charge >= 0.3 is 0 Å². The number of hydrogen-bond acceptors (Lipinski definition) is 4. The zero-order valence-corrected chi connectivity index (χ0v) is 16.6. The van der Waals surface area contributed by atoms with Crippen LogP contribution in [-0.2, 0) is 4.79 Å². The average Bonchev–Trinajstić information content (AvgIpc) is 3.58. The van der Waals surface area contributed by atoms with Crippen molar-refractivity contribution in [1.82, 2.24) is 5.32 Å². The van der Waals surface area contributed by atoms with Gasteiger partial charge < -0.3 is 20.1 Å². The molecule has 6 heteroatoms. The normalized spacial score (nSPS) is 13.9. The highest BCUT2D eigenvalue weighted by molar-refractivity contribution is 5.86. The van der Waals surface area contributed by atoms with Gasteiger partial charge in [0.15, 0.2) is 11.5 Å². The van der Waals surface area contributed by atoms with Crippen molar-refractivity contribution >= 4 is 11.6 Å². The Morgan fingerprint density at radius 2 is 1.63 bits per heavy atom. The number of carbonyl (C=O) groups is 1. The Bertz CT molecular complexity index is 1000. The summed E-state index contributed by atoms with van der Waals surface area (Å²) in [6.07, 6.45) is 1.99. The average molecular weight is 406 g/mol. The maximum absolute atomic E-state index is 13.3. The molecule has 3 aromatic rings. The zero-order chi connectivity index (χ0) is 20.9. The Kier molecular flexibility index (Phi) is 5.84. The van der Waals surface area contributed by atoms with E-state index in [-0.39, 0.29) is 17.8 Å². The van der Waals surface area contributed by atoms with Gasteiger partial charge in [0.2, 0.25) is 5.91 Å². The molecule has 0 spiro atoms. The minimum Gasteiger partial charge on any atom is -0.493 e. The molecule has 2 N–H and O–H groups in total. The molecule has 0 bridgehead atoms. The SMILES string of the molecule is COc1ccccc1Oc1ccc(NC(C(=O)NC2CC2)c2ccc(F)cc2)cc1. The van der Waals surface area contributed by atoms with Crippen LogP contribution in [0.5, 0.6) is 17.2 Å². The molecule has 30 heavy (non-hydrogen) atoms. The Labute approximate surface area is 174 Å². The second-order valence-corrected chi connectivity index (χ2v) is 7.19. The lowest BCUT2D eigenvalue weighted by Crippen LogP contribution is -2.34. The standard InChI is InChI=1S/C24H23FN2O3/c1-29-21-4-2-3-5-22(21)30-20-14-12-18(13-15-20)26-23(24(28)27-19-10-11-19)16-6-8-17(25)9-7-16/h2-9,12-15,19,23,26H,10-11H2,1H3,(H,27,28). The first-order chi connectivity index (χ1) is 14.6. The van der Waals surface area contributed by atoms with Gasteiger partial charge in [-0.05, 0) is 66.9 Å². The number of halogens is 1. The smallest absolute Gasteiger partial charge is 0.247 e. The molecule has 1 atom stereocenters. The van der Waals surface area contributed by atoms with Crippen molar-refractivity contribution in [3.05, 3.63) is 84.2 Å². The van der Waals surface area contributed by atoms with Gasteiger partial charge in [0.1, 0.15) is 17.6 Å². The molecule has 1 unspecified atom stereocenters. The highest BCUT2D eigenvalue weighted by Crippen LogP contribution is 2.32. The summed E-state index contributed by atoms with van der Waals surface area (Å²) in [5.74, 6) is 1.45. The number of para-hydroxylation sites is 2. The molecule has 0 heterocycles. The van der Waals surface area contributed by atoms with Crippen molar-refractivity contribution in [3.8, 4) is 17.2 Å². The first kappa shape index (κ1) is 19.8. The van der Waals surface area contributed by atoms with Gasteiger partial charge in [0.25, 0.3) is 0 Å². The Morgan fingerprint density at radius 1 is 0.967 bits per heavy atom. The second-order valence-electron chi connectivity index (χ2n) is 7.19. The minimum atomic E-state index is -0.618. The second kappa shape index (κ2) is 8.86. The Hall–Kier alpha value is -3.54. The molecule has 1 fully saturated rings. The van der Waals surface area contributed by atoms with E-state index in [1.165, 1.54) is 12.1 Å². The fourth-order valence-corrected chi connectivity index (χ4v) is 3.08. The summed E-state index contributed by atoms with van der Waals surface area (Å²) in [7, 11) is 1.59. The van der Waals surface area contributed by atoms with E-state index >= 15 is 0 Å². The van der Waals surface area contributed by atoms with Gasteiger partial charge in [-0.2, -0.15) is 0 Å². The maximum atomic E-state index is 13.3. The monoisotopic (exact) mass is 406 g/mol. The van der Waals surface area contributed by atoms with Crippen molar-refractivity contribution in [3.63, 3.8) is 0 Å². The number of benzene rings is 3. The summed E-state index contributed by atoms with van der Waals surface area (Å²) in [5.41, 5.74) is 1.45. The van der Waals surface area contributed by atoms with Crippen molar-refractivity contribution in [2.75, 3.05) is 12.4 Å². The number of rotatable bonds is 8. The molecule has 1 aliphatic rings. The van der Waals surface area contributed by atoms with Crippen molar-refractivity contribution < 1.29 is 18.7 Å². The molecule has 1 aliphatic carbocycles. The lowest BCUT2D eigenvalue weighted by molar-refractivity contribution is -0.122. The van der Waals surface area contributed by atoms with Gasteiger partial charge in [-0.15, -0.1) is 0 Å². The summed E-state index contributed by atoms with van der Waals surface area (Å²) in [6.45, 7) is 0. The summed E-state index contributed by atoms with van der Waals surface area (Å²) < 4.78 is 24.5. The van der Waals surface area contributed by atoms with E-state index in [1.54, 1.807) is 19.2 Å². The number of anilines is 1. The fraction of sp³-hybridized carbons (Fsp3) is 0.208. The Morgan fingerprint density at radius 3 is 2.27 bits per heavy atom. The van der Waals surface area contributed by atoms with Crippen molar-refractivity contribution in [2.45, 2.75) is 24.9 Å². The van der Waals surface area contributed by atoms with Crippen LogP contribution in [0.15, 0.2) is 72.8 Å². The molecule has 0 aliphatic heterocycles. The lowest BCUT2D eigenvalue weighted by atomic mass is 10.1. The molecule has 3 aromatic carbocycles. The summed E-state index contributed by atoms with van der Waals surface area (Å²) in [4.78, 5) is 12.8. The van der Waals surface area contributed by atoms with Gasteiger partial charge in [0, 0.05) is 11.7 Å². The third-order valence-corrected chi connectivity index (χ3v) is 4.85. The molecule has 0 saturated heterocycles. The van der Waals surface area contributed by atoms with Crippen LogP contribution in [0.1, 0.15) is 24.4 Å². The van der Waals surface area contributed by atoms with Crippen LogP contribution in [0.25, 0.3) is 0 Å². The molecular weight excluding hydrogens is 383 g/mol. The highest BCUT2D eigenvalue weighted by atomic mass is 19.1. The van der Waals surface area contributed by atoms with Crippen LogP contribution in [0.3, 0.4) is 0 Å². The van der Waals surface area contributed by atoms with Crippen LogP contribution in [0.2, 0.25) is 0 Å². The van der Waals surface area contributed by atoms with Gasteiger partial charge in [-0.3, -0.25) is 4.79 Å². The maximum Gasteiger partial charge on any atom is 0.247 e. The van der Waals surface area contributed by atoms with E-state index in [9.17, 15) is 9.18 Å². The van der Waals surface area contributed by atoms with Crippen molar-refractivity contribution in [2.24, 2.45) is 0 Å². The van der Waals surface area contributed by atoms with E-state index in [1.807, 2.05) is 48.5 Å². The van der Waals surface area contributed by atoms with Crippen LogP contribution in [0, 0.1) is 5.82 Å². The number of nitrogens with one attached hydrogen (secondary N) is 2. The molecule has 5 nitrogen and oxygen atoms in total. The van der Waals surface area contributed by atoms with E-state index in [0.29, 0.717) is 22.8 Å². The molecule has 0 radical (unpaired) electrons. The fourth-order valence-electron chi connectivity index (χ4n) is 3.08. The quantitative estimate of drug-likeness (QED) is 0.549. The van der Waals surface area contributed by atoms with Gasteiger partial charge in [-0.1, -0.05) is 24.3 Å². The predicted molar refractivity (Wildman–Crippen MR) is 113 cm³/mol. The summed E-state index contributed by atoms with van der Waals surface area (Å²) in [5, 5.41) is 6.26. The zero-order valence-electron chi connectivity index (χ0n) is 16.6. The third-order valence-electron chi connectivity index (χ3n) is 4.85. The van der Waals surface area contributed by atoms with E-state index in [4.69, 9.17) is 9.47 Å². The first-order valence-electron chi connectivity index (χ1n) is 9.86. The van der Waals surface area contributed by atoms with Crippen LogP contribution >= 0.6 is 0 Å². The third kappa shape index (κ3) is 4.89. The van der Waals surface area contributed by atoms with Crippen LogP contribution in [0.4, 0.5) is 10.1 Å². The number of ether oxygens (including phenoxy) is 2.